The largest absolute Gasteiger partial charge is 0.292 e. The Bertz CT molecular complexity index is 392. The van der Waals surface area contributed by atoms with E-state index in [-0.39, 0.29) is 5.25 Å². The maximum atomic E-state index is 12.4. The fourth-order valence-corrected chi connectivity index (χ4v) is 5.31. The minimum Gasteiger partial charge on any atom is -0.292 e. The van der Waals surface area contributed by atoms with Gasteiger partial charge in [0.2, 0.25) is 0 Å². The number of hydrogen-bond donors (Lipinski definition) is 0. The number of hydrogen-bond acceptors (Lipinski definition) is 3. The summed E-state index contributed by atoms with van der Waals surface area (Å²) < 4.78 is 0. The Hall–Kier alpha value is -0.280. The van der Waals surface area contributed by atoms with Crippen molar-refractivity contribution in [1.82, 2.24) is 0 Å². The molecular weight excluding hydrogens is 248 g/mol. The van der Waals surface area contributed by atoms with E-state index in [9.17, 15) is 4.79 Å². The summed E-state index contributed by atoms with van der Waals surface area (Å²) in [6.07, 6.45) is 8.60. The first-order valence-corrected chi connectivity index (χ1v) is 8.48. The van der Waals surface area contributed by atoms with Crippen molar-refractivity contribution in [3.05, 3.63) is 21.4 Å². The summed E-state index contributed by atoms with van der Waals surface area (Å²) in [5, 5.41) is 0.254. The first kappa shape index (κ1) is 11.8. The molecule has 92 valence electrons. The van der Waals surface area contributed by atoms with Gasteiger partial charge in [-0.2, -0.15) is 11.8 Å². The first-order valence-electron chi connectivity index (χ1n) is 6.62. The Morgan fingerprint density at radius 1 is 1.18 bits per heavy atom. The molecule has 1 aliphatic carbocycles. The van der Waals surface area contributed by atoms with Crippen LogP contribution in [0.4, 0.5) is 0 Å². The van der Waals surface area contributed by atoms with Gasteiger partial charge in [0.05, 0.1) is 10.1 Å². The molecule has 2 heterocycles. The lowest BCUT2D eigenvalue weighted by atomic mass is 9.98. The molecule has 1 nitrogen and oxygen atoms in total. The SMILES string of the molecule is O=C(c1cc2c(s1)CCCC2)C1CCCCS1. The minimum atomic E-state index is 0.254. The molecule has 0 amide bonds. The summed E-state index contributed by atoms with van der Waals surface area (Å²) in [6.45, 7) is 0. The molecule has 0 saturated carbocycles. The summed E-state index contributed by atoms with van der Waals surface area (Å²) >= 11 is 3.64. The van der Waals surface area contributed by atoms with Crippen molar-refractivity contribution in [2.75, 3.05) is 5.75 Å². The van der Waals surface area contributed by atoms with Gasteiger partial charge in [-0.25, -0.2) is 0 Å². The number of rotatable bonds is 2. The van der Waals surface area contributed by atoms with E-state index in [0.29, 0.717) is 5.78 Å². The summed E-state index contributed by atoms with van der Waals surface area (Å²) in [6, 6.07) is 2.19. The second-order valence-electron chi connectivity index (χ2n) is 4.99. The Labute approximate surface area is 111 Å². The van der Waals surface area contributed by atoms with E-state index < -0.39 is 0 Å². The molecule has 1 aromatic rings. The quantitative estimate of drug-likeness (QED) is 0.750. The smallest absolute Gasteiger partial charge is 0.185 e. The van der Waals surface area contributed by atoms with Gasteiger partial charge in [-0.15, -0.1) is 11.3 Å². The van der Waals surface area contributed by atoms with Crippen LogP contribution in [0.2, 0.25) is 0 Å². The van der Waals surface area contributed by atoms with Gasteiger partial charge in [0.1, 0.15) is 0 Å². The molecule has 0 radical (unpaired) electrons. The van der Waals surface area contributed by atoms with Crippen molar-refractivity contribution in [2.24, 2.45) is 0 Å². The van der Waals surface area contributed by atoms with Crippen molar-refractivity contribution >= 4 is 28.9 Å². The molecule has 0 N–H and O–H groups in total. The van der Waals surface area contributed by atoms with E-state index in [4.69, 9.17) is 0 Å². The van der Waals surface area contributed by atoms with Crippen molar-refractivity contribution in [2.45, 2.75) is 50.2 Å². The van der Waals surface area contributed by atoms with Gasteiger partial charge in [0, 0.05) is 4.88 Å². The number of ketones is 1. The Morgan fingerprint density at radius 3 is 2.82 bits per heavy atom. The van der Waals surface area contributed by atoms with Crippen LogP contribution in [0.5, 0.6) is 0 Å². The molecule has 1 unspecified atom stereocenters. The van der Waals surface area contributed by atoms with Crippen molar-refractivity contribution < 1.29 is 4.79 Å². The topological polar surface area (TPSA) is 17.1 Å². The maximum absolute atomic E-state index is 12.4. The van der Waals surface area contributed by atoms with Gasteiger partial charge < -0.3 is 0 Å². The molecule has 1 atom stereocenters. The third kappa shape index (κ3) is 2.45. The van der Waals surface area contributed by atoms with E-state index in [2.05, 4.69) is 6.07 Å². The zero-order chi connectivity index (χ0) is 11.7. The third-order valence-electron chi connectivity index (χ3n) is 3.71. The number of carbonyl (C=O) groups is 1. The standard InChI is InChI=1S/C14H18OS2/c15-14(12-7-3-4-8-16-12)13-9-10-5-1-2-6-11(10)17-13/h9,12H,1-8H2. The number of aryl methyl sites for hydroxylation is 2. The molecule has 1 saturated heterocycles. The second kappa shape index (κ2) is 5.15. The lowest BCUT2D eigenvalue weighted by Gasteiger charge is -2.19. The fourth-order valence-electron chi connectivity index (χ4n) is 2.72. The number of Topliss-reactive ketones (excluding diaryl/α,β-unsaturated/α-hetero) is 1. The minimum absolute atomic E-state index is 0.254. The Balaban J connectivity index is 1.78. The molecule has 0 aromatic carbocycles. The van der Waals surface area contributed by atoms with E-state index in [0.717, 1.165) is 11.3 Å². The van der Waals surface area contributed by atoms with Crippen molar-refractivity contribution in [1.29, 1.82) is 0 Å². The lowest BCUT2D eigenvalue weighted by Crippen LogP contribution is -2.20. The Kier molecular flexibility index (Phi) is 3.57. The van der Waals surface area contributed by atoms with Gasteiger partial charge in [-0.1, -0.05) is 6.42 Å². The van der Waals surface area contributed by atoms with Gasteiger partial charge >= 0.3 is 0 Å². The molecule has 0 spiro atoms. The molecule has 1 aromatic heterocycles. The van der Waals surface area contributed by atoms with Crippen molar-refractivity contribution in [3.63, 3.8) is 0 Å². The van der Waals surface area contributed by atoms with E-state index in [1.165, 1.54) is 54.7 Å². The van der Waals surface area contributed by atoms with Gasteiger partial charge in [0.15, 0.2) is 5.78 Å². The van der Waals surface area contributed by atoms with Crippen molar-refractivity contribution in [3.8, 4) is 0 Å². The Morgan fingerprint density at radius 2 is 2.06 bits per heavy atom. The summed E-state index contributed by atoms with van der Waals surface area (Å²) in [4.78, 5) is 14.9. The van der Waals surface area contributed by atoms with Crippen LogP contribution < -0.4 is 0 Å². The van der Waals surface area contributed by atoms with E-state index in [1.54, 1.807) is 11.3 Å². The van der Waals surface area contributed by atoms with Crippen LogP contribution in [0.3, 0.4) is 0 Å². The van der Waals surface area contributed by atoms with Crippen LogP contribution in [0.15, 0.2) is 6.07 Å². The summed E-state index contributed by atoms with van der Waals surface area (Å²) in [5.74, 6) is 1.58. The number of fused-ring (bicyclic) bond motifs is 1. The first-order chi connectivity index (χ1) is 8.34. The average molecular weight is 266 g/mol. The zero-order valence-corrected chi connectivity index (χ0v) is 11.7. The summed E-state index contributed by atoms with van der Waals surface area (Å²) in [5.41, 5.74) is 1.46. The summed E-state index contributed by atoms with van der Waals surface area (Å²) in [7, 11) is 0. The van der Waals surface area contributed by atoms with Crippen LogP contribution in [0.25, 0.3) is 0 Å². The molecule has 2 aliphatic rings. The van der Waals surface area contributed by atoms with Gasteiger partial charge in [0.25, 0.3) is 0 Å². The number of carbonyl (C=O) groups excluding carboxylic acids is 1. The third-order valence-corrected chi connectivity index (χ3v) is 6.34. The number of thiophene rings is 1. The highest BCUT2D eigenvalue weighted by molar-refractivity contribution is 8.00. The predicted octanol–water partition coefficient (Wildman–Crippen LogP) is 4.10. The maximum Gasteiger partial charge on any atom is 0.185 e. The fraction of sp³-hybridized carbons (Fsp3) is 0.643. The molecule has 3 heteroatoms. The molecule has 0 bridgehead atoms. The van der Waals surface area contributed by atoms with E-state index in [1.807, 2.05) is 11.8 Å². The van der Waals surface area contributed by atoms with Crippen LogP contribution in [0.1, 0.15) is 52.2 Å². The molecule has 1 aliphatic heterocycles. The van der Waals surface area contributed by atoms with Crippen LogP contribution in [-0.2, 0) is 12.8 Å². The molecule has 1 fully saturated rings. The van der Waals surface area contributed by atoms with E-state index >= 15 is 0 Å². The highest BCUT2D eigenvalue weighted by Crippen LogP contribution is 2.34. The lowest BCUT2D eigenvalue weighted by molar-refractivity contribution is 0.0988. The van der Waals surface area contributed by atoms with Crippen LogP contribution >= 0.6 is 23.1 Å². The normalized spacial score (nSPS) is 24.4. The molecule has 3 rings (SSSR count). The monoisotopic (exact) mass is 266 g/mol. The zero-order valence-electron chi connectivity index (χ0n) is 10.0. The average Bonchev–Trinajstić information content (AvgIpc) is 2.82. The second-order valence-corrected chi connectivity index (χ2v) is 7.43. The highest BCUT2D eigenvalue weighted by atomic mass is 32.2. The van der Waals surface area contributed by atoms with Gasteiger partial charge in [-0.05, 0) is 55.9 Å². The van der Waals surface area contributed by atoms with Gasteiger partial charge in [-0.3, -0.25) is 4.79 Å². The molecular formula is C14H18OS2. The van der Waals surface area contributed by atoms with Crippen LogP contribution in [0, 0.1) is 0 Å². The highest BCUT2D eigenvalue weighted by Gasteiger charge is 2.25. The molecule has 17 heavy (non-hydrogen) atoms. The number of thioether (sulfide) groups is 1. The van der Waals surface area contributed by atoms with Crippen LogP contribution in [-0.4, -0.2) is 16.8 Å². The predicted molar refractivity (Wildman–Crippen MR) is 75.4 cm³/mol.